The van der Waals surface area contributed by atoms with Crippen molar-refractivity contribution in [2.45, 2.75) is 31.1 Å². The lowest BCUT2D eigenvalue weighted by atomic mass is 9.76. The molecule has 0 radical (unpaired) electrons. The molecule has 2 N–H and O–H groups in total. The van der Waals surface area contributed by atoms with E-state index in [0.29, 0.717) is 40.7 Å². The van der Waals surface area contributed by atoms with Crippen LogP contribution in [0.1, 0.15) is 41.4 Å². The van der Waals surface area contributed by atoms with Crippen LogP contribution in [0, 0.1) is 0 Å². The third-order valence-corrected chi connectivity index (χ3v) is 6.15. The second-order valence-corrected chi connectivity index (χ2v) is 7.60. The van der Waals surface area contributed by atoms with E-state index >= 15 is 0 Å². The Morgan fingerprint density at radius 2 is 1.90 bits per heavy atom. The minimum atomic E-state index is -1.07. The molecule has 8 nitrogen and oxygen atoms in total. The van der Waals surface area contributed by atoms with Gasteiger partial charge in [-0.25, -0.2) is 0 Å². The lowest BCUT2D eigenvalue weighted by Gasteiger charge is -2.43. The molecule has 3 aliphatic heterocycles. The summed E-state index contributed by atoms with van der Waals surface area (Å²) in [6.07, 6.45) is -1.00. The molecule has 0 bridgehead atoms. The number of aliphatic hydroxyl groups excluding tert-OH is 1. The number of rotatable bonds is 1. The van der Waals surface area contributed by atoms with Gasteiger partial charge in [-0.05, 0) is 41.3 Å². The maximum atomic E-state index is 12.1. The van der Waals surface area contributed by atoms with E-state index in [-0.39, 0.29) is 13.6 Å². The van der Waals surface area contributed by atoms with Gasteiger partial charge in [0.25, 0.3) is 0 Å². The zero-order valence-corrected chi connectivity index (χ0v) is 15.7. The van der Waals surface area contributed by atoms with E-state index in [1.54, 1.807) is 6.07 Å². The average molecular weight is 397 g/mol. The van der Waals surface area contributed by atoms with Crippen molar-refractivity contribution >= 4 is 5.97 Å². The lowest BCUT2D eigenvalue weighted by molar-refractivity contribution is -0.154. The fourth-order valence-electron chi connectivity index (χ4n) is 5.01. The van der Waals surface area contributed by atoms with E-state index in [1.807, 2.05) is 18.2 Å². The van der Waals surface area contributed by atoms with Crippen molar-refractivity contribution in [2.24, 2.45) is 0 Å². The number of benzene rings is 2. The molecule has 3 heterocycles. The fourth-order valence-corrected chi connectivity index (χ4v) is 5.01. The number of carbonyl (C=O) groups is 1. The van der Waals surface area contributed by atoms with Gasteiger partial charge >= 0.3 is 5.97 Å². The molecule has 0 amide bonds. The molecular formula is C21H19NO7. The maximum Gasteiger partial charge on any atom is 0.303 e. The van der Waals surface area contributed by atoms with Crippen molar-refractivity contribution in [2.75, 3.05) is 20.1 Å². The second-order valence-electron chi connectivity index (χ2n) is 7.60. The zero-order valence-electron chi connectivity index (χ0n) is 15.7. The van der Waals surface area contributed by atoms with E-state index in [4.69, 9.17) is 23.7 Å². The first kappa shape index (κ1) is 16.9. The van der Waals surface area contributed by atoms with Gasteiger partial charge in [-0.2, -0.15) is 0 Å². The van der Waals surface area contributed by atoms with Crippen LogP contribution in [-0.2, 0) is 21.5 Å². The topological polar surface area (TPSA) is 95.5 Å². The molecule has 2 aromatic rings. The third-order valence-electron chi connectivity index (χ3n) is 6.15. The Kier molecular flexibility index (Phi) is 3.37. The molecule has 3 atom stereocenters. The van der Waals surface area contributed by atoms with E-state index in [0.717, 1.165) is 17.5 Å². The normalized spacial score (nSPS) is 27.7. The highest BCUT2D eigenvalue weighted by Gasteiger charge is 2.60. The fraction of sp³-hybridized carbons (Fsp3) is 0.381. The number of nitrogens with one attached hydrogen (secondary N) is 1. The number of aliphatic hydroxyl groups is 1. The maximum absolute atomic E-state index is 12.1. The number of hydrogen-bond donors (Lipinski definition) is 2. The zero-order chi connectivity index (χ0) is 19.8. The molecule has 0 saturated heterocycles. The minimum Gasteiger partial charge on any atom is -0.455 e. The van der Waals surface area contributed by atoms with Crippen molar-refractivity contribution < 1.29 is 33.6 Å². The first-order valence-electron chi connectivity index (χ1n) is 9.55. The van der Waals surface area contributed by atoms with Gasteiger partial charge in [0.05, 0.1) is 0 Å². The van der Waals surface area contributed by atoms with E-state index in [2.05, 4.69) is 5.32 Å². The Bertz CT molecular complexity index is 1050. The van der Waals surface area contributed by atoms with Crippen molar-refractivity contribution in [3.8, 4) is 23.0 Å². The Morgan fingerprint density at radius 1 is 1.14 bits per heavy atom. The highest BCUT2D eigenvalue weighted by Crippen LogP contribution is 2.61. The Labute approximate surface area is 166 Å². The highest BCUT2D eigenvalue weighted by atomic mass is 16.7. The monoisotopic (exact) mass is 397 g/mol. The van der Waals surface area contributed by atoms with Crippen LogP contribution in [0.3, 0.4) is 0 Å². The number of esters is 1. The van der Waals surface area contributed by atoms with Crippen molar-refractivity contribution in [3.05, 3.63) is 46.5 Å². The third kappa shape index (κ3) is 2.13. The van der Waals surface area contributed by atoms with Gasteiger partial charge in [0.2, 0.25) is 13.6 Å². The summed E-state index contributed by atoms with van der Waals surface area (Å²) in [6.45, 7) is 2.22. The molecule has 1 aliphatic carbocycles. The first-order chi connectivity index (χ1) is 14.1. The van der Waals surface area contributed by atoms with Crippen LogP contribution in [-0.4, -0.2) is 31.2 Å². The Hall–Kier alpha value is -2.97. The molecule has 1 spiro atoms. The molecule has 8 heteroatoms. The Morgan fingerprint density at radius 3 is 2.72 bits per heavy atom. The van der Waals surface area contributed by atoms with Crippen LogP contribution in [0.4, 0.5) is 0 Å². The molecule has 0 saturated carbocycles. The molecule has 0 aromatic heterocycles. The van der Waals surface area contributed by atoms with Gasteiger partial charge in [-0.1, -0.05) is 6.07 Å². The summed E-state index contributed by atoms with van der Waals surface area (Å²) in [4.78, 5) is 12.1. The summed E-state index contributed by atoms with van der Waals surface area (Å²) in [5.41, 5.74) is 2.07. The summed E-state index contributed by atoms with van der Waals surface area (Å²) < 4.78 is 28.2. The lowest BCUT2D eigenvalue weighted by Crippen LogP contribution is -2.53. The van der Waals surface area contributed by atoms with Gasteiger partial charge in [0.15, 0.2) is 29.1 Å². The standard InChI is InChI=1S/C21H19NO7/c1-10(23)29-20-17-12(2-3-14-18(17)28-9-25-14)19(24)21(20)13-7-16-15(26-8-27-16)6-11(13)4-5-22-21/h2-3,6-7,19-20,22,24H,4-5,8-9H2,1H3/t19-,20-,21+/m0/s1. The summed E-state index contributed by atoms with van der Waals surface area (Å²) in [6, 6.07) is 7.41. The summed E-state index contributed by atoms with van der Waals surface area (Å²) in [5, 5.41) is 15.0. The van der Waals surface area contributed by atoms with E-state index in [1.165, 1.54) is 6.92 Å². The summed E-state index contributed by atoms with van der Waals surface area (Å²) in [7, 11) is 0. The Balaban J connectivity index is 1.61. The van der Waals surface area contributed by atoms with Crippen LogP contribution < -0.4 is 24.3 Å². The number of hydrogen-bond acceptors (Lipinski definition) is 8. The van der Waals surface area contributed by atoms with Gasteiger partial charge in [-0.3, -0.25) is 4.79 Å². The van der Waals surface area contributed by atoms with Crippen LogP contribution in [0.2, 0.25) is 0 Å². The van der Waals surface area contributed by atoms with Crippen LogP contribution >= 0.6 is 0 Å². The van der Waals surface area contributed by atoms with E-state index < -0.39 is 23.7 Å². The van der Waals surface area contributed by atoms with Gasteiger partial charge < -0.3 is 34.1 Å². The number of fused-ring (bicyclic) bond motifs is 6. The average Bonchev–Trinajstić information content (AvgIpc) is 3.41. The quantitative estimate of drug-likeness (QED) is 0.704. The molecule has 29 heavy (non-hydrogen) atoms. The van der Waals surface area contributed by atoms with Crippen molar-refractivity contribution in [3.63, 3.8) is 0 Å². The predicted octanol–water partition coefficient (Wildman–Crippen LogP) is 1.84. The molecule has 0 unspecified atom stereocenters. The number of ether oxygens (including phenoxy) is 5. The SMILES string of the molecule is CC(=O)O[C@H]1c2c(ccc3c2OCO3)[C@H](O)[C@@]12NCCc1cc3c(cc12)OCO3. The molecule has 0 fully saturated rings. The summed E-state index contributed by atoms with van der Waals surface area (Å²) >= 11 is 0. The molecule has 150 valence electrons. The minimum absolute atomic E-state index is 0.0877. The molecular weight excluding hydrogens is 378 g/mol. The van der Waals surface area contributed by atoms with Crippen LogP contribution in [0.25, 0.3) is 0 Å². The van der Waals surface area contributed by atoms with Crippen molar-refractivity contribution in [1.29, 1.82) is 0 Å². The highest BCUT2D eigenvalue weighted by molar-refractivity contribution is 5.69. The summed E-state index contributed by atoms with van der Waals surface area (Å²) in [5.74, 6) is 1.95. The smallest absolute Gasteiger partial charge is 0.303 e. The van der Waals surface area contributed by atoms with Gasteiger partial charge in [-0.15, -0.1) is 0 Å². The largest absolute Gasteiger partial charge is 0.455 e. The predicted molar refractivity (Wildman–Crippen MR) is 98.0 cm³/mol. The van der Waals surface area contributed by atoms with Gasteiger partial charge in [0, 0.05) is 19.0 Å². The van der Waals surface area contributed by atoms with Crippen LogP contribution in [0.5, 0.6) is 23.0 Å². The first-order valence-corrected chi connectivity index (χ1v) is 9.55. The van der Waals surface area contributed by atoms with E-state index in [9.17, 15) is 9.90 Å². The second kappa shape index (κ2) is 5.77. The van der Waals surface area contributed by atoms with Gasteiger partial charge in [0.1, 0.15) is 11.6 Å². The van der Waals surface area contributed by atoms with Crippen molar-refractivity contribution in [1.82, 2.24) is 5.32 Å². The molecule has 2 aromatic carbocycles. The molecule has 6 rings (SSSR count). The molecule has 4 aliphatic rings. The van der Waals surface area contributed by atoms with Crippen LogP contribution in [0.15, 0.2) is 24.3 Å². The number of carbonyl (C=O) groups excluding carboxylic acids is 1.